The highest BCUT2D eigenvalue weighted by molar-refractivity contribution is 6.30. The molecule has 3 rings (SSSR count). The minimum absolute atomic E-state index is 0.215. The van der Waals surface area contributed by atoms with Crippen molar-refractivity contribution in [2.24, 2.45) is 0 Å². The van der Waals surface area contributed by atoms with E-state index in [1.807, 2.05) is 6.92 Å². The SMILES string of the molecule is CCC(C(=O)Nc1cnn(Cc2ccccc2F)c1)n1cc(Cl)cn1. The first kappa shape index (κ1) is 17.2. The molecule has 1 amide bonds. The summed E-state index contributed by atoms with van der Waals surface area (Å²) in [7, 11) is 0. The molecule has 0 bridgehead atoms. The Balaban J connectivity index is 1.68. The molecule has 3 aromatic rings. The average Bonchev–Trinajstić information content (AvgIpc) is 3.20. The molecule has 25 heavy (non-hydrogen) atoms. The molecule has 0 saturated heterocycles. The average molecular weight is 362 g/mol. The molecule has 1 aromatic carbocycles. The molecule has 2 aromatic heterocycles. The van der Waals surface area contributed by atoms with E-state index >= 15 is 0 Å². The van der Waals surface area contributed by atoms with Gasteiger partial charge in [-0.1, -0.05) is 36.7 Å². The van der Waals surface area contributed by atoms with Crippen LogP contribution in [-0.2, 0) is 11.3 Å². The summed E-state index contributed by atoms with van der Waals surface area (Å²) in [4.78, 5) is 12.5. The highest BCUT2D eigenvalue weighted by Gasteiger charge is 2.20. The number of benzene rings is 1. The Morgan fingerprint density at radius 2 is 2.08 bits per heavy atom. The fraction of sp³-hybridized carbons (Fsp3) is 0.235. The maximum Gasteiger partial charge on any atom is 0.249 e. The van der Waals surface area contributed by atoms with Crippen LogP contribution in [0.25, 0.3) is 0 Å². The molecule has 2 heterocycles. The van der Waals surface area contributed by atoms with Crippen molar-refractivity contribution in [1.29, 1.82) is 0 Å². The summed E-state index contributed by atoms with van der Waals surface area (Å²) in [5, 5.41) is 11.5. The van der Waals surface area contributed by atoms with Crippen molar-refractivity contribution < 1.29 is 9.18 Å². The number of hydrogen-bond donors (Lipinski definition) is 1. The number of nitrogens with zero attached hydrogens (tertiary/aromatic N) is 4. The number of carbonyl (C=O) groups excluding carboxylic acids is 1. The highest BCUT2D eigenvalue weighted by Crippen LogP contribution is 2.17. The highest BCUT2D eigenvalue weighted by atomic mass is 35.5. The van der Waals surface area contributed by atoms with Crippen LogP contribution in [0.3, 0.4) is 0 Å². The van der Waals surface area contributed by atoms with Crippen LogP contribution < -0.4 is 5.32 Å². The van der Waals surface area contributed by atoms with Gasteiger partial charge in [0.25, 0.3) is 0 Å². The summed E-state index contributed by atoms with van der Waals surface area (Å²) < 4.78 is 16.8. The Hall–Kier alpha value is -2.67. The van der Waals surface area contributed by atoms with Crippen molar-refractivity contribution in [2.75, 3.05) is 5.32 Å². The monoisotopic (exact) mass is 361 g/mol. The van der Waals surface area contributed by atoms with E-state index in [9.17, 15) is 9.18 Å². The molecule has 0 aliphatic heterocycles. The van der Waals surface area contributed by atoms with Crippen LogP contribution in [0, 0.1) is 5.82 Å². The minimum atomic E-state index is -0.470. The summed E-state index contributed by atoms with van der Waals surface area (Å²) in [5.74, 6) is -0.502. The van der Waals surface area contributed by atoms with Gasteiger partial charge in [-0.2, -0.15) is 10.2 Å². The van der Waals surface area contributed by atoms with Gasteiger partial charge >= 0.3 is 0 Å². The zero-order chi connectivity index (χ0) is 17.8. The fourth-order valence-electron chi connectivity index (χ4n) is 2.52. The van der Waals surface area contributed by atoms with E-state index in [1.54, 1.807) is 35.3 Å². The zero-order valence-corrected chi connectivity index (χ0v) is 14.3. The van der Waals surface area contributed by atoms with Crippen LogP contribution in [0.5, 0.6) is 0 Å². The van der Waals surface area contributed by atoms with Crippen molar-refractivity contribution in [3.05, 3.63) is 65.5 Å². The van der Waals surface area contributed by atoms with E-state index in [1.165, 1.54) is 23.1 Å². The van der Waals surface area contributed by atoms with Crippen molar-refractivity contribution in [1.82, 2.24) is 19.6 Å². The number of aromatic nitrogens is 4. The van der Waals surface area contributed by atoms with Gasteiger partial charge in [0.05, 0.1) is 29.6 Å². The van der Waals surface area contributed by atoms with Gasteiger partial charge in [-0.15, -0.1) is 0 Å². The number of hydrogen-bond acceptors (Lipinski definition) is 3. The first-order valence-corrected chi connectivity index (χ1v) is 8.21. The molecule has 1 unspecified atom stereocenters. The van der Waals surface area contributed by atoms with E-state index in [-0.39, 0.29) is 18.3 Å². The van der Waals surface area contributed by atoms with Crippen LogP contribution in [0.2, 0.25) is 5.02 Å². The standard InChI is InChI=1S/C17H17ClFN5O/c1-2-16(24-10-13(18)7-21-24)17(25)22-14-8-20-23(11-14)9-12-5-3-4-6-15(12)19/h3-8,10-11,16H,2,9H2,1H3,(H,22,25). The molecule has 0 aliphatic carbocycles. The van der Waals surface area contributed by atoms with Gasteiger partial charge < -0.3 is 5.32 Å². The number of carbonyl (C=O) groups is 1. The summed E-state index contributed by atoms with van der Waals surface area (Å²) in [6.45, 7) is 2.18. The molecule has 0 spiro atoms. The lowest BCUT2D eigenvalue weighted by Crippen LogP contribution is -2.25. The topological polar surface area (TPSA) is 64.7 Å². The van der Waals surface area contributed by atoms with Gasteiger partial charge in [-0.3, -0.25) is 14.2 Å². The van der Waals surface area contributed by atoms with Crippen LogP contribution in [0.4, 0.5) is 10.1 Å². The second kappa shape index (κ2) is 7.48. The lowest BCUT2D eigenvalue weighted by Gasteiger charge is -2.14. The fourth-order valence-corrected chi connectivity index (χ4v) is 2.66. The molecule has 1 N–H and O–H groups in total. The lowest BCUT2D eigenvalue weighted by molar-refractivity contribution is -0.119. The molecule has 130 valence electrons. The molecule has 6 nitrogen and oxygen atoms in total. The third kappa shape index (κ3) is 4.06. The molecule has 0 saturated carbocycles. The van der Waals surface area contributed by atoms with E-state index in [2.05, 4.69) is 15.5 Å². The Labute approximate surface area is 149 Å². The minimum Gasteiger partial charge on any atom is -0.322 e. The molecule has 1 atom stereocenters. The Kier molecular flexibility index (Phi) is 5.14. The number of nitrogens with one attached hydrogen (secondary N) is 1. The summed E-state index contributed by atoms with van der Waals surface area (Å²) in [5.41, 5.74) is 1.07. The van der Waals surface area contributed by atoms with Gasteiger partial charge in [0.15, 0.2) is 0 Å². The van der Waals surface area contributed by atoms with Crippen LogP contribution in [-0.4, -0.2) is 25.5 Å². The maximum atomic E-state index is 13.7. The number of halogens is 2. The van der Waals surface area contributed by atoms with Gasteiger partial charge in [-0.25, -0.2) is 4.39 Å². The second-order valence-corrected chi connectivity index (χ2v) is 6.01. The largest absolute Gasteiger partial charge is 0.322 e. The predicted molar refractivity (Wildman–Crippen MR) is 92.9 cm³/mol. The summed E-state index contributed by atoms with van der Waals surface area (Å²) in [6.07, 6.45) is 6.85. The third-order valence-electron chi connectivity index (χ3n) is 3.77. The van der Waals surface area contributed by atoms with E-state index in [0.717, 1.165) is 0 Å². The van der Waals surface area contributed by atoms with Crippen molar-refractivity contribution >= 4 is 23.2 Å². The first-order valence-electron chi connectivity index (χ1n) is 7.83. The van der Waals surface area contributed by atoms with Gasteiger partial charge in [-0.05, 0) is 12.5 Å². The quantitative estimate of drug-likeness (QED) is 0.730. The Morgan fingerprint density at radius 1 is 1.28 bits per heavy atom. The molecule has 0 fully saturated rings. The van der Waals surface area contributed by atoms with Gasteiger partial charge in [0.1, 0.15) is 11.9 Å². The summed E-state index contributed by atoms with van der Waals surface area (Å²) in [6, 6.07) is 6.04. The van der Waals surface area contributed by atoms with Crippen LogP contribution >= 0.6 is 11.6 Å². The van der Waals surface area contributed by atoms with Crippen molar-refractivity contribution in [3.8, 4) is 0 Å². The smallest absolute Gasteiger partial charge is 0.249 e. The number of amides is 1. The number of rotatable bonds is 6. The van der Waals surface area contributed by atoms with Gasteiger partial charge in [0, 0.05) is 18.0 Å². The predicted octanol–water partition coefficient (Wildman–Crippen LogP) is 3.51. The third-order valence-corrected chi connectivity index (χ3v) is 3.96. The van der Waals surface area contributed by atoms with Crippen molar-refractivity contribution in [3.63, 3.8) is 0 Å². The Bertz CT molecular complexity index is 875. The molecule has 0 aliphatic rings. The van der Waals surface area contributed by atoms with Gasteiger partial charge in [0.2, 0.25) is 5.91 Å². The normalized spacial score (nSPS) is 12.1. The zero-order valence-electron chi connectivity index (χ0n) is 13.6. The second-order valence-electron chi connectivity index (χ2n) is 5.57. The van der Waals surface area contributed by atoms with Crippen LogP contribution in [0.15, 0.2) is 49.1 Å². The van der Waals surface area contributed by atoms with Crippen LogP contribution in [0.1, 0.15) is 24.9 Å². The van der Waals surface area contributed by atoms with Crippen molar-refractivity contribution in [2.45, 2.75) is 25.9 Å². The molecular weight excluding hydrogens is 345 g/mol. The Morgan fingerprint density at radius 3 is 2.76 bits per heavy atom. The van der Waals surface area contributed by atoms with E-state index in [4.69, 9.17) is 11.6 Å². The van der Waals surface area contributed by atoms with E-state index in [0.29, 0.717) is 22.7 Å². The molecule has 0 radical (unpaired) electrons. The molecule has 8 heteroatoms. The number of anilines is 1. The summed E-state index contributed by atoms with van der Waals surface area (Å²) >= 11 is 5.86. The lowest BCUT2D eigenvalue weighted by atomic mass is 10.2. The van der Waals surface area contributed by atoms with E-state index < -0.39 is 6.04 Å². The first-order chi connectivity index (χ1) is 12.1. The molecular formula is C17H17ClFN5O. The maximum absolute atomic E-state index is 13.7.